The Labute approximate surface area is 225 Å². The second-order valence-electron chi connectivity index (χ2n) is 9.00. The second-order valence-corrected chi connectivity index (χ2v) is 9.00. The molecule has 2 aromatic heterocycles. The molecular formula is C22H20F6N8O5. The number of rotatable bonds is 7. The number of ether oxygens (including phenoxy) is 2. The molecule has 1 fully saturated rings. The molecule has 41 heavy (non-hydrogen) atoms. The fraction of sp³-hybridized carbons (Fsp3) is 0.409. The summed E-state index contributed by atoms with van der Waals surface area (Å²) in [7, 11) is 0. The van der Waals surface area contributed by atoms with E-state index in [1.807, 2.05) is 13.8 Å². The summed E-state index contributed by atoms with van der Waals surface area (Å²) >= 11 is 0. The third-order valence-corrected chi connectivity index (χ3v) is 5.60. The third kappa shape index (κ3) is 6.61. The Balaban J connectivity index is 1.83. The quantitative estimate of drug-likeness (QED) is 0.209. The number of carbonyl (C=O) groups is 2. The van der Waals surface area contributed by atoms with Gasteiger partial charge < -0.3 is 24.8 Å². The van der Waals surface area contributed by atoms with Gasteiger partial charge >= 0.3 is 24.3 Å². The number of alkyl halides is 6. The molecule has 1 saturated heterocycles. The monoisotopic (exact) mass is 590 g/mol. The average Bonchev–Trinajstić information content (AvgIpc) is 3.57. The fourth-order valence-corrected chi connectivity index (χ4v) is 3.97. The normalized spacial score (nSPS) is 15.8. The number of benzene rings is 1. The van der Waals surface area contributed by atoms with E-state index < -0.39 is 58.4 Å². The zero-order chi connectivity index (χ0) is 30.1. The summed E-state index contributed by atoms with van der Waals surface area (Å²) in [6.45, 7) is 4.98. The molecule has 19 heteroatoms. The van der Waals surface area contributed by atoms with Crippen molar-refractivity contribution >= 4 is 17.9 Å². The van der Waals surface area contributed by atoms with Crippen LogP contribution in [0.1, 0.15) is 20.3 Å². The van der Waals surface area contributed by atoms with Crippen LogP contribution < -0.4 is 19.7 Å². The van der Waals surface area contributed by atoms with Gasteiger partial charge in [-0.25, -0.2) is 14.6 Å². The first-order chi connectivity index (χ1) is 19.1. The minimum absolute atomic E-state index is 0.109. The first-order valence-electron chi connectivity index (χ1n) is 11.7. The van der Waals surface area contributed by atoms with E-state index in [1.165, 1.54) is 0 Å². The lowest BCUT2D eigenvalue weighted by atomic mass is 10.0. The molecule has 1 atom stereocenters. The van der Waals surface area contributed by atoms with Crippen molar-refractivity contribution in [2.24, 2.45) is 0 Å². The van der Waals surface area contributed by atoms with Gasteiger partial charge in [0.25, 0.3) is 0 Å². The van der Waals surface area contributed by atoms with E-state index in [1.54, 1.807) is 4.90 Å². The van der Waals surface area contributed by atoms with Gasteiger partial charge in [0.05, 0.1) is 23.5 Å². The molecule has 0 amide bonds. The smallest absolute Gasteiger partial charge is 0.491 e. The summed E-state index contributed by atoms with van der Waals surface area (Å²) in [4.78, 5) is 29.4. The Bertz CT molecular complexity index is 1410. The number of carbonyl (C=O) groups excluding carboxylic acids is 2. The standard InChI is InChI=1S/C22H20F6N8O5/c1-9(2)31-10-3-4-36(8-10)20-29-6-13(32-34-20)15-14(37)5-11(12-7-30-35-33-12)16(40-18(38)21(23,24)25)17(15)41-19(39)22(26,27)28/h5-7,9-10,31,37H,3-4,8H2,1-2H3,(H,30,33,35). The van der Waals surface area contributed by atoms with Crippen LogP contribution in [-0.4, -0.2) is 85.2 Å². The van der Waals surface area contributed by atoms with Gasteiger partial charge in [0.1, 0.15) is 17.1 Å². The predicted octanol–water partition coefficient (Wildman–Crippen LogP) is 2.54. The lowest BCUT2D eigenvalue weighted by Gasteiger charge is -2.20. The number of nitrogens with zero attached hydrogens (tertiary/aromatic N) is 6. The van der Waals surface area contributed by atoms with Crippen LogP contribution in [0.15, 0.2) is 18.5 Å². The van der Waals surface area contributed by atoms with Gasteiger partial charge in [-0.3, -0.25) is 0 Å². The molecule has 1 aromatic carbocycles. The molecule has 0 radical (unpaired) electrons. The van der Waals surface area contributed by atoms with Crippen LogP contribution in [0.5, 0.6) is 17.2 Å². The van der Waals surface area contributed by atoms with Gasteiger partial charge in [-0.1, -0.05) is 13.8 Å². The minimum atomic E-state index is -5.65. The molecule has 1 unspecified atom stereocenters. The number of aromatic hydroxyl groups is 1. The number of halogens is 6. The highest BCUT2D eigenvalue weighted by molar-refractivity contribution is 5.91. The molecule has 220 valence electrons. The van der Waals surface area contributed by atoms with Gasteiger partial charge in [-0.15, -0.1) is 10.2 Å². The van der Waals surface area contributed by atoms with Crippen molar-refractivity contribution in [3.05, 3.63) is 18.5 Å². The van der Waals surface area contributed by atoms with Crippen molar-refractivity contribution in [2.45, 2.75) is 44.7 Å². The van der Waals surface area contributed by atoms with Crippen LogP contribution >= 0.6 is 0 Å². The highest BCUT2D eigenvalue weighted by atomic mass is 19.4. The summed E-state index contributed by atoms with van der Waals surface area (Å²) in [5, 5.41) is 30.9. The van der Waals surface area contributed by atoms with Crippen LogP contribution in [-0.2, 0) is 9.59 Å². The number of phenolic OH excluding ortho intramolecular Hbond substituents is 1. The molecule has 13 nitrogen and oxygen atoms in total. The average molecular weight is 590 g/mol. The number of anilines is 1. The summed E-state index contributed by atoms with van der Waals surface area (Å²) in [5.74, 6) is -9.38. The number of esters is 2. The van der Waals surface area contributed by atoms with E-state index in [9.17, 15) is 41.0 Å². The Morgan fingerprint density at radius 3 is 2.24 bits per heavy atom. The van der Waals surface area contributed by atoms with E-state index in [-0.39, 0.29) is 23.7 Å². The molecule has 0 spiro atoms. The van der Waals surface area contributed by atoms with Crippen molar-refractivity contribution in [3.8, 4) is 39.8 Å². The van der Waals surface area contributed by atoms with E-state index >= 15 is 0 Å². The Hall–Kier alpha value is -4.55. The maximum absolute atomic E-state index is 13.2. The Morgan fingerprint density at radius 1 is 1.05 bits per heavy atom. The van der Waals surface area contributed by atoms with E-state index in [0.29, 0.717) is 19.2 Å². The molecule has 1 aliphatic rings. The van der Waals surface area contributed by atoms with Crippen LogP contribution in [0, 0.1) is 0 Å². The van der Waals surface area contributed by atoms with E-state index in [0.717, 1.165) is 18.8 Å². The van der Waals surface area contributed by atoms with Gasteiger partial charge in [-0.2, -0.15) is 41.8 Å². The Kier molecular flexibility index (Phi) is 8.00. The number of hydrogen-bond donors (Lipinski definition) is 3. The lowest BCUT2D eigenvalue weighted by Crippen LogP contribution is -2.37. The van der Waals surface area contributed by atoms with E-state index in [2.05, 4.69) is 45.4 Å². The largest absolute Gasteiger partial charge is 0.507 e. The number of aromatic nitrogens is 6. The van der Waals surface area contributed by atoms with Crippen molar-refractivity contribution in [1.82, 2.24) is 35.9 Å². The Morgan fingerprint density at radius 2 is 1.71 bits per heavy atom. The lowest BCUT2D eigenvalue weighted by molar-refractivity contribution is -0.191. The maximum atomic E-state index is 13.2. The summed E-state index contributed by atoms with van der Waals surface area (Å²) in [5.41, 5.74) is -2.46. The van der Waals surface area contributed by atoms with Crippen molar-refractivity contribution < 1.29 is 50.5 Å². The molecule has 0 bridgehead atoms. The second kappa shape index (κ2) is 11.1. The first-order valence-corrected chi connectivity index (χ1v) is 11.7. The van der Waals surface area contributed by atoms with Crippen LogP contribution in [0.25, 0.3) is 22.5 Å². The number of H-pyrrole nitrogens is 1. The molecule has 0 saturated carbocycles. The number of phenols is 1. The third-order valence-electron chi connectivity index (χ3n) is 5.60. The van der Waals surface area contributed by atoms with E-state index in [4.69, 9.17) is 0 Å². The molecule has 1 aliphatic heterocycles. The highest BCUT2D eigenvalue weighted by Gasteiger charge is 2.45. The molecule has 4 rings (SSSR count). The van der Waals surface area contributed by atoms with Crippen molar-refractivity contribution in [2.75, 3.05) is 18.0 Å². The van der Waals surface area contributed by atoms with Crippen molar-refractivity contribution in [1.29, 1.82) is 0 Å². The topological polar surface area (TPSA) is 168 Å². The summed E-state index contributed by atoms with van der Waals surface area (Å²) in [6.07, 6.45) is -8.68. The molecule has 3 heterocycles. The maximum Gasteiger partial charge on any atom is 0.491 e. The highest BCUT2D eigenvalue weighted by Crippen LogP contribution is 2.50. The first kappa shape index (κ1) is 29.4. The minimum Gasteiger partial charge on any atom is -0.507 e. The molecule has 3 aromatic rings. The van der Waals surface area contributed by atoms with Gasteiger partial charge in [0, 0.05) is 25.2 Å². The van der Waals surface area contributed by atoms with Gasteiger partial charge in [-0.05, 0) is 12.5 Å². The number of aromatic amines is 1. The predicted molar refractivity (Wildman–Crippen MR) is 125 cm³/mol. The zero-order valence-electron chi connectivity index (χ0n) is 21.0. The molecule has 3 N–H and O–H groups in total. The van der Waals surface area contributed by atoms with Gasteiger partial charge in [0.2, 0.25) is 5.95 Å². The summed E-state index contributed by atoms with van der Waals surface area (Å²) in [6, 6.07) is 1.03. The summed E-state index contributed by atoms with van der Waals surface area (Å²) < 4.78 is 87.5. The zero-order valence-corrected chi connectivity index (χ0v) is 21.0. The number of nitrogens with one attached hydrogen (secondary N) is 2. The van der Waals surface area contributed by atoms with Crippen molar-refractivity contribution in [3.63, 3.8) is 0 Å². The number of hydrogen-bond acceptors (Lipinski definition) is 12. The van der Waals surface area contributed by atoms with Crippen LogP contribution in [0.3, 0.4) is 0 Å². The molecular weight excluding hydrogens is 570 g/mol. The SMILES string of the molecule is CC(C)NC1CCN(c2ncc(-c3c(O)cc(-c4cn[nH]n4)c(OC(=O)C(F)(F)F)c3OC(=O)C(F)(F)F)nn2)C1. The van der Waals surface area contributed by atoms with Crippen LogP contribution in [0.4, 0.5) is 32.3 Å². The van der Waals surface area contributed by atoms with Gasteiger partial charge in [0.15, 0.2) is 11.5 Å². The van der Waals surface area contributed by atoms with Crippen LogP contribution in [0.2, 0.25) is 0 Å². The molecule has 0 aliphatic carbocycles. The fourth-order valence-electron chi connectivity index (χ4n) is 3.97.